The van der Waals surface area contributed by atoms with Crippen LogP contribution in [0, 0.1) is 17.8 Å². The van der Waals surface area contributed by atoms with Gasteiger partial charge in [-0.2, -0.15) is 4.39 Å². The third-order valence-corrected chi connectivity index (χ3v) is 9.22. The molecule has 3 aliphatic heterocycles. The molecule has 0 radical (unpaired) electrons. The molecule has 1 saturated heterocycles. The smallest absolute Gasteiger partial charge is 0.283 e. The first kappa shape index (κ1) is 20.9. The molecule has 10 heteroatoms. The third kappa shape index (κ3) is 3.47. The molecule has 1 aromatic carbocycles. The minimum atomic E-state index is -3.37. The number of rotatable bonds is 4. The number of amidine groups is 1. The van der Waals surface area contributed by atoms with Crippen molar-refractivity contribution in [2.45, 2.75) is 30.9 Å². The minimum absolute atomic E-state index is 0.0672. The molecule has 1 aliphatic carbocycles. The lowest BCUT2D eigenvalue weighted by atomic mass is 9.71. The van der Waals surface area contributed by atoms with E-state index in [1.165, 1.54) is 6.20 Å². The largest absolute Gasteiger partial charge is 0.490 e. The summed E-state index contributed by atoms with van der Waals surface area (Å²) in [4.78, 5) is 8.47. The van der Waals surface area contributed by atoms with Crippen LogP contribution in [0.25, 0.3) is 11.1 Å². The SMILES string of the molecule is NC1=N[C@]2(CO1)c1cc(-c3cccnc3F)ccc1O[C@H]1CCN(S(=O)(=O)CC3CC3)C[C@@H]12. The van der Waals surface area contributed by atoms with Crippen LogP contribution in [0.5, 0.6) is 5.75 Å². The Morgan fingerprint density at radius 3 is 2.82 bits per heavy atom. The molecule has 1 saturated carbocycles. The number of aromatic nitrogens is 1. The van der Waals surface area contributed by atoms with Gasteiger partial charge in [-0.25, -0.2) is 22.7 Å². The summed E-state index contributed by atoms with van der Waals surface area (Å²) in [6.07, 6.45) is 3.69. The van der Waals surface area contributed by atoms with Gasteiger partial charge in [0.1, 0.15) is 24.0 Å². The maximum absolute atomic E-state index is 14.4. The fourth-order valence-corrected chi connectivity index (χ4v) is 7.23. The van der Waals surface area contributed by atoms with Gasteiger partial charge < -0.3 is 15.2 Å². The fraction of sp³-hybridized carbons (Fsp3) is 0.478. The zero-order valence-electron chi connectivity index (χ0n) is 18.0. The standard InChI is InChI=1S/C23H25FN4O4S/c24-21-16(2-1-8-26-21)15-5-6-19-17(10-15)23(13-31-22(25)27-23)18-11-28(9-7-20(18)32-19)33(29,30)12-14-3-4-14/h1-2,5-6,8,10,14,18,20H,3-4,7,9,11-13H2,(H2,25,27)/t18-,20-,23+/m0/s1. The van der Waals surface area contributed by atoms with E-state index < -0.39 is 21.5 Å². The highest BCUT2D eigenvalue weighted by Gasteiger charge is 2.56. The minimum Gasteiger partial charge on any atom is -0.490 e. The Kier molecular flexibility index (Phi) is 4.67. The molecular formula is C23H25FN4O4S. The highest BCUT2D eigenvalue weighted by atomic mass is 32.2. The highest BCUT2D eigenvalue weighted by molar-refractivity contribution is 7.89. The first-order valence-electron chi connectivity index (χ1n) is 11.2. The van der Waals surface area contributed by atoms with E-state index in [0.29, 0.717) is 29.8 Å². The Hall–Kier alpha value is -2.72. The van der Waals surface area contributed by atoms with Crippen molar-refractivity contribution < 1.29 is 22.3 Å². The van der Waals surface area contributed by atoms with Crippen LogP contribution in [0.15, 0.2) is 41.5 Å². The second-order valence-electron chi connectivity index (χ2n) is 9.35. The summed E-state index contributed by atoms with van der Waals surface area (Å²) in [5.74, 6) is 0.261. The van der Waals surface area contributed by atoms with E-state index in [0.717, 1.165) is 18.4 Å². The predicted molar refractivity (Wildman–Crippen MR) is 119 cm³/mol. The quantitative estimate of drug-likeness (QED) is 0.684. The van der Waals surface area contributed by atoms with Crippen molar-refractivity contribution in [2.75, 3.05) is 25.4 Å². The van der Waals surface area contributed by atoms with Gasteiger partial charge in [0, 0.05) is 36.3 Å². The van der Waals surface area contributed by atoms with E-state index in [1.54, 1.807) is 22.5 Å². The molecule has 0 amide bonds. The number of benzene rings is 1. The highest BCUT2D eigenvalue weighted by Crippen LogP contribution is 2.51. The molecule has 6 rings (SSSR count). The van der Waals surface area contributed by atoms with E-state index in [2.05, 4.69) is 4.98 Å². The molecule has 33 heavy (non-hydrogen) atoms. The van der Waals surface area contributed by atoms with Gasteiger partial charge in [0.05, 0.1) is 5.75 Å². The van der Waals surface area contributed by atoms with Crippen LogP contribution >= 0.6 is 0 Å². The van der Waals surface area contributed by atoms with E-state index in [1.807, 2.05) is 12.1 Å². The molecule has 1 spiro atoms. The molecule has 3 atom stereocenters. The molecule has 2 aromatic rings. The Labute approximate surface area is 191 Å². The predicted octanol–water partition coefficient (Wildman–Crippen LogP) is 2.25. The third-order valence-electron chi connectivity index (χ3n) is 7.21. The Bertz CT molecular complexity index is 1250. The summed E-state index contributed by atoms with van der Waals surface area (Å²) in [6.45, 7) is 0.886. The summed E-state index contributed by atoms with van der Waals surface area (Å²) >= 11 is 0. The van der Waals surface area contributed by atoms with Crippen molar-refractivity contribution in [3.63, 3.8) is 0 Å². The maximum Gasteiger partial charge on any atom is 0.283 e. The maximum atomic E-state index is 14.4. The van der Waals surface area contributed by atoms with Gasteiger partial charge >= 0.3 is 0 Å². The topological polar surface area (TPSA) is 107 Å². The van der Waals surface area contributed by atoms with Gasteiger partial charge in [-0.05, 0) is 55.0 Å². The Balaban J connectivity index is 1.42. The van der Waals surface area contributed by atoms with Crippen molar-refractivity contribution in [3.8, 4) is 16.9 Å². The molecule has 4 aliphatic rings. The molecular weight excluding hydrogens is 447 g/mol. The van der Waals surface area contributed by atoms with Gasteiger partial charge in [0.25, 0.3) is 6.02 Å². The lowest BCUT2D eigenvalue weighted by molar-refractivity contribution is -0.00348. The van der Waals surface area contributed by atoms with Crippen LogP contribution in [-0.2, 0) is 20.3 Å². The number of sulfonamides is 1. The number of nitrogens with zero attached hydrogens (tertiary/aromatic N) is 3. The van der Waals surface area contributed by atoms with Gasteiger partial charge in [-0.1, -0.05) is 6.07 Å². The lowest BCUT2D eigenvalue weighted by Gasteiger charge is -2.48. The number of ether oxygens (including phenoxy) is 2. The summed E-state index contributed by atoms with van der Waals surface area (Å²) in [5.41, 5.74) is 6.80. The van der Waals surface area contributed by atoms with Gasteiger partial charge in [0.15, 0.2) is 0 Å². The number of piperidine rings is 1. The van der Waals surface area contributed by atoms with Gasteiger partial charge in [-0.3, -0.25) is 0 Å². The molecule has 4 heterocycles. The average Bonchev–Trinajstić information content (AvgIpc) is 3.52. The van der Waals surface area contributed by atoms with Gasteiger partial charge in [0.2, 0.25) is 16.0 Å². The zero-order valence-corrected chi connectivity index (χ0v) is 18.8. The van der Waals surface area contributed by atoms with Crippen LogP contribution in [-0.4, -0.2) is 55.3 Å². The Morgan fingerprint density at radius 2 is 2.09 bits per heavy atom. The second-order valence-corrected chi connectivity index (χ2v) is 11.4. The molecule has 0 unspecified atom stereocenters. The van der Waals surface area contributed by atoms with E-state index in [4.69, 9.17) is 20.2 Å². The summed E-state index contributed by atoms with van der Waals surface area (Å²) in [5, 5.41) is 0. The van der Waals surface area contributed by atoms with Crippen LogP contribution in [0.1, 0.15) is 24.8 Å². The van der Waals surface area contributed by atoms with E-state index >= 15 is 0 Å². The number of nitrogens with two attached hydrogens (primary N) is 1. The van der Waals surface area contributed by atoms with Crippen molar-refractivity contribution in [1.29, 1.82) is 0 Å². The lowest BCUT2D eigenvalue weighted by Crippen LogP contribution is -2.58. The van der Waals surface area contributed by atoms with Crippen molar-refractivity contribution >= 4 is 16.0 Å². The van der Waals surface area contributed by atoms with E-state index in [9.17, 15) is 12.8 Å². The molecule has 0 bridgehead atoms. The summed E-state index contributed by atoms with van der Waals surface area (Å²) in [7, 11) is -3.37. The summed E-state index contributed by atoms with van der Waals surface area (Å²) < 4.78 is 54.1. The van der Waals surface area contributed by atoms with Crippen molar-refractivity contribution in [2.24, 2.45) is 22.6 Å². The molecule has 174 valence electrons. The molecule has 2 fully saturated rings. The molecule has 2 N–H and O–H groups in total. The molecule has 1 aromatic heterocycles. The second kappa shape index (κ2) is 7.39. The zero-order chi connectivity index (χ0) is 22.8. The number of aliphatic imine (C=N–C) groups is 1. The summed E-state index contributed by atoms with van der Waals surface area (Å²) in [6, 6.07) is 8.87. The first-order chi connectivity index (χ1) is 15.9. The normalized spacial score (nSPS) is 29.1. The number of fused-ring (bicyclic) bond motifs is 4. The monoisotopic (exact) mass is 472 g/mol. The molecule has 8 nitrogen and oxygen atoms in total. The van der Waals surface area contributed by atoms with E-state index in [-0.39, 0.29) is 42.9 Å². The van der Waals surface area contributed by atoms with Crippen molar-refractivity contribution in [3.05, 3.63) is 48.0 Å². The number of hydrogen-bond acceptors (Lipinski definition) is 7. The first-order valence-corrected chi connectivity index (χ1v) is 12.8. The number of halogens is 1. The average molecular weight is 473 g/mol. The van der Waals surface area contributed by atoms with Crippen LogP contribution in [0.2, 0.25) is 0 Å². The number of hydrogen-bond donors (Lipinski definition) is 1. The van der Waals surface area contributed by atoms with Crippen LogP contribution in [0.3, 0.4) is 0 Å². The van der Waals surface area contributed by atoms with Gasteiger partial charge in [-0.15, -0.1) is 0 Å². The van der Waals surface area contributed by atoms with Crippen LogP contribution in [0.4, 0.5) is 4.39 Å². The Morgan fingerprint density at radius 1 is 1.24 bits per heavy atom. The number of pyridine rings is 1. The van der Waals surface area contributed by atoms with Crippen LogP contribution < -0.4 is 10.5 Å². The van der Waals surface area contributed by atoms with Crippen molar-refractivity contribution in [1.82, 2.24) is 9.29 Å². The fourth-order valence-electron chi connectivity index (χ4n) is 5.32.